The van der Waals surface area contributed by atoms with Gasteiger partial charge in [-0.3, -0.25) is 14.5 Å². The lowest BCUT2D eigenvalue weighted by molar-refractivity contribution is -0.137. The van der Waals surface area contributed by atoms with E-state index in [9.17, 15) is 9.59 Å². The number of hydrogen-bond acceptors (Lipinski definition) is 5. The van der Waals surface area contributed by atoms with Gasteiger partial charge in [0.15, 0.2) is 0 Å². The van der Waals surface area contributed by atoms with Gasteiger partial charge in [-0.15, -0.1) is 0 Å². The Morgan fingerprint density at radius 1 is 1.00 bits per heavy atom. The first-order chi connectivity index (χ1) is 12.2. The van der Waals surface area contributed by atoms with Crippen LogP contribution in [0.4, 0.5) is 5.69 Å². The lowest BCUT2D eigenvalue weighted by Gasteiger charge is -2.13. The third-order valence-corrected chi connectivity index (χ3v) is 4.13. The highest BCUT2D eigenvalue weighted by molar-refractivity contribution is 6.17. The Bertz CT molecular complexity index is 1040. The van der Waals surface area contributed by atoms with Crippen LogP contribution >= 0.6 is 0 Å². The fraction of sp³-hybridized carbons (Fsp3) is 0.105. The highest BCUT2D eigenvalue weighted by Gasteiger charge is 2.30. The van der Waals surface area contributed by atoms with Crippen molar-refractivity contribution in [2.75, 3.05) is 18.5 Å². The van der Waals surface area contributed by atoms with E-state index >= 15 is 0 Å². The van der Waals surface area contributed by atoms with Crippen LogP contribution in [0.2, 0.25) is 0 Å². The number of benzene rings is 2. The summed E-state index contributed by atoms with van der Waals surface area (Å²) in [6.07, 6.45) is 1.25. The van der Waals surface area contributed by atoms with Gasteiger partial charge in [-0.25, -0.2) is 4.98 Å². The van der Waals surface area contributed by atoms with Crippen LogP contribution in [0, 0.1) is 0 Å². The average molecular weight is 333 g/mol. The topological polar surface area (TPSA) is 82.5 Å². The zero-order valence-electron chi connectivity index (χ0n) is 13.3. The summed E-state index contributed by atoms with van der Waals surface area (Å²) in [5.41, 5.74) is 2.68. The first kappa shape index (κ1) is 15.3. The number of β-amino-alcohol motifs (C(OH)–C–C–N with tert-alkyl or cyclic N) is 1. The Kier molecular flexibility index (Phi) is 3.66. The van der Waals surface area contributed by atoms with Crippen LogP contribution in [0.3, 0.4) is 0 Å². The van der Waals surface area contributed by atoms with Gasteiger partial charge in [-0.05, 0) is 30.3 Å². The first-order valence-corrected chi connectivity index (χ1v) is 7.91. The molecule has 2 amide bonds. The molecule has 4 rings (SSSR count). The van der Waals surface area contributed by atoms with Crippen molar-refractivity contribution in [3.05, 3.63) is 60.3 Å². The maximum absolute atomic E-state index is 12.2. The molecule has 0 spiro atoms. The number of nitrogens with one attached hydrogen (secondary N) is 1. The molecule has 2 heterocycles. The number of aliphatic hydroxyl groups excluding tert-OH is 1. The van der Waals surface area contributed by atoms with Crippen molar-refractivity contribution in [3.8, 4) is 0 Å². The predicted molar refractivity (Wildman–Crippen MR) is 94.8 cm³/mol. The first-order valence-electron chi connectivity index (χ1n) is 7.91. The maximum atomic E-state index is 12.2. The smallest absolute Gasteiger partial charge is 0.277 e. The number of rotatable bonds is 4. The van der Waals surface area contributed by atoms with Crippen LogP contribution in [0.15, 0.2) is 60.3 Å². The number of nitrogens with zero attached hydrogens (tertiary/aromatic N) is 2. The zero-order chi connectivity index (χ0) is 17.4. The van der Waals surface area contributed by atoms with Crippen LogP contribution in [0.25, 0.3) is 21.8 Å². The van der Waals surface area contributed by atoms with E-state index in [1.807, 2.05) is 48.5 Å². The lowest BCUT2D eigenvalue weighted by atomic mass is 10.1. The third kappa shape index (κ3) is 2.72. The van der Waals surface area contributed by atoms with Gasteiger partial charge in [-0.2, -0.15) is 0 Å². The van der Waals surface area contributed by atoms with E-state index in [1.165, 1.54) is 6.08 Å². The Morgan fingerprint density at radius 3 is 2.64 bits per heavy atom. The Labute approximate surface area is 143 Å². The summed E-state index contributed by atoms with van der Waals surface area (Å²) < 4.78 is 0. The number of anilines is 1. The van der Waals surface area contributed by atoms with Gasteiger partial charge in [0.05, 0.1) is 24.2 Å². The lowest BCUT2D eigenvalue weighted by Crippen LogP contribution is -2.34. The van der Waals surface area contributed by atoms with Crippen molar-refractivity contribution in [2.45, 2.75) is 0 Å². The number of pyridine rings is 1. The van der Waals surface area contributed by atoms with Crippen LogP contribution < -0.4 is 5.32 Å². The molecular formula is C19H15N3O3. The van der Waals surface area contributed by atoms with E-state index in [0.717, 1.165) is 26.7 Å². The molecule has 0 fully saturated rings. The molecule has 0 atom stereocenters. The Hall–Kier alpha value is -3.25. The number of carbonyl (C=O) groups is 2. The van der Waals surface area contributed by atoms with E-state index in [4.69, 9.17) is 5.11 Å². The number of imide groups is 1. The predicted octanol–water partition coefficient (Wildman–Crippen LogP) is 2.04. The van der Waals surface area contributed by atoms with Crippen LogP contribution in [0.1, 0.15) is 0 Å². The van der Waals surface area contributed by atoms with E-state index in [2.05, 4.69) is 10.3 Å². The fourth-order valence-electron chi connectivity index (χ4n) is 2.92. The molecule has 25 heavy (non-hydrogen) atoms. The van der Waals surface area contributed by atoms with E-state index in [-0.39, 0.29) is 18.8 Å². The fourth-order valence-corrected chi connectivity index (χ4v) is 2.92. The zero-order valence-corrected chi connectivity index (χ0v) is 13.3. The van der Waals surface area contributed by atoms with Gasteiger partial charge in [-0.1, -0.05) is 18.2 Å². The standard InChI is InChI=1S/C19H15N3O3/c23-8-7-22-18(24)11-17(19(22)25)20-14-5-6-16-13(10-14)9-12-3-1-2-4-15(12)21-16/h1-6,9-11,20,23H,7-8H2. The molecule has 0 aliphatic carbocycles. The second-order valence-corrected chi connectivity index (χ2v) is 5.79. The minimum Gasteiger partial charge on any atom is -0.395 e. The van der Waals surface area contributed by atoms with Crippen LogP contribution in [-0.2, 0) is 9.59 Å². The summed E-state index contributed by atoms with van der Waals surface area (Å²) >= 11 is 0. The number of amides is 2. The summed E-state index contributed by atoms with van der Waals surface area (Å²) in [6.45, 7) is -0.264. The minimum atomic E-state index is -0.434. The van der Waals surface area contributed by atoms with Crippen molar-refractivity contribution < 1.29 is 14.7 Å². The molecular weight excluding hydrogens is 318 g/mol. The number of carbonyl (C=O) groups excluding carboxylic acids is 2. The maximum Gasteiger partial charge on any atom is 0.277 e. The van der Waals surface area contributed by atoms with Gasteiger partial charge in [0.1, 0.15) is 5.70 Å². The monoisotopic (exact) mass is 333 g/mol. The molecule has 2 aromatic carbocycles. The number of hydrogen-bond donors (Lipinski definition) is 2. The Balaban J connectivity index is 1.66. The van der Waals surface area contributed by atoms with E-state index < -0.39 is 11.8 Å². The third-order valence-electron chi connectivity index (χ3n) is 4.13. The SMILES string of the molecule is O=C1C=C(Nc2ccc3nc4ccccc4cc3c2)C(=O)N1CCO. The largest absolute Gasteiger partial charge is 0.395 e. The molecule has 0 bridgehead atoms. The molecule has 0 radical (unpaired) electrons. The second-order valence-electron chi connectivity index (χ2n) is 5.79. The minimum absolute atomic E-state index is 0.00697. The highest BCUT2D eigenvalue weighted by atomic mass is 16.3. The molecule has 124 valence electrons. The van der Waals surface area contributed by atoms with Crippen molar-refractivity contribution in [1.82, 2.24) is 9.88 Å². The van der Waals surface area contributed by atoms with Crippen molar-refractivity contribution in [2.24, 2.45) is 0 Å². The molecule has 1 aromatic heterocycles. The molecule has 6 heteroatoms. The molecule has 6 nitrogen and oxygen atoms in total. The molecule has 0 unspecified atom stereocenters. The molecule has 1 aliphatic heterocycles. The quantitative estimate of drug-likeness (QED) is 0.564. The van der Waals surface area contributed by atoms with Gasteiger partial charge in [0.25, 0.3) is 11.8 Å². The molecule has 0 saturated heterocycles. The molecule has 0 saturated carbocycles. The summed E-state index contributed by atoms with van der Waals surface area (Å²) in [7, 11) is 0. The number of aromatic nitrogens is 1. The molecule has 3 aromatic rings. The summed E-state index contributed by atoms with van der Waals surface area (Å²) in [5, 5.41) is 13.9. The summed E-state index contributed by atoms with van der Waals surface area (Å²) in [6, 6.07) is 15.5. The van der Waals surface area contributed by atoms with Crippen molar-refractivity contribution >= 4 is 39.3 Å². The van der Waals surface area contributed by atoms with E-state index in [1.54, 1.807) is 0 Å². The molecule has 2 N–H and O–H groups in total. The normalized spacial score (nSPS) is 14.4. The number of fused-ring (bicyclic) bond motifs is 2. The Morgan fingerprint density at radius 2 is 1.80 bits per heavy atom. The summed E-state index contributed by atoms with van der Waals surface area (Å²) in [5.74, 6) is -0.856. The van der Waals surface area contributed by atoms with Crippen LogP contribution in [-0.4, -0.2) is 40.0 Å². The highest BCUT2D eigenvalue weighted by Crippen LogP contribution is 2.24. The van der Waals surface area contributed by atoms with Gasteiger partial charge in [0, 0.05) is 22.5 Å². The number of para-hydroxylation sites is 1. The number of aliphatic hydroxyl groups is 1. The van der Waals surface area contributed by atoms with Crippen molar-refractivity contribution in [3.63, 3.8) is 0 Å². The average Bonchev–Trinajstić information content (AvgIpc) is 2.88. The molecule has 1 aliphatic rings. The van der Waals surface area contributed by atoms with Gasteiger partial charge in [0.2, 0.25) is 0 Å². The second kappa shape index (κ2) is 5.99. The van der Waals surface area contributed by atoms with Gasteiger partial charge < -0.3 is 10.4 Å². The summed E-state index contributed by atoms with van der Waals surface area (Å²) in [4.78, 5) is 29.6. The van der Waals surface area contributed by atoms with Crippen molar-refractivity contribution in [1.29, 1.82) is 0 Å². The van der Waals surface area contributed by atoms with Gasteiger partial charge >= 0.3 is 0 Å². The van der Waals surface area contributed by atoms with Crippen LogP contribution in [0.5, 0.6) is 0 Å². The van der Waals surface area contributed by atoms with E-state index in [0.29, 0.717) is 5.69 Å².